The third-order valence-electron chi connectivity index (χ3n) is 4.66. The van der Waals surface area contributed by atoms with E-state index in [0.29, 0.717) is 37.7 Å². The van der Waals surface area contributed by atoms with Gasteiger partial charge in [0.2, 0.25) is 5.91 Å². The van der Waals surface area contributed by atoms with Gasteiger partial charge in [0.15, 0.2) is 11.5 Å². The van der Waals surface area contributed by atoms with Crippen LogP contribution in [0.2, 0.25) is 0 Å². The molecule has 0 saturated carbocycles. The zero-order chi connectivity index (χ0) is 19.1. The minimum atomic E-state index is 0.121. The van der Waals surface area contributed by atoms with E-state index in [9.17, 15) is 4.79 Å². The third kappa shape index (κ3) is 4.89. The predicted molar refractivity (Wildman–Crippen MR) is 104 cm³/mol. The van der Waals surface area contributed by atoms with Crippen molar-refractivity contribution >= 4 is 11.7 Å². The molecular weight excluding hydrogens is 344 g/mol. The smallest absolute Gasteiger partial charge is 0.236 e. The van der Waals surface area contributed by atoms with Gasteiger partial charge in [-0.25, -0.2) is 4.98 Å². The van der Waals surface area contributed by atoms with Crippen LogP contribution in [0.15, 0.2) is 42.6 Å². The number of methoxy groups -OCH3 is 2. The Balaban J connectivity index is 1.44. The Kier molecular flexibility index (Phi) is 6.49. The first-order chi connectivity index (χ1) is 13.2. The normalized spacial score (nSPS) is 14.1. The van der Waals surface area contributed by atoms with Gasteiger partial charge in [-0.15, -0.1) is 0 Å². The number of nitrogens with zero attached hydrogens (tertiary/aromatic N) is 3. The number of rotatable bonds is 7. The van der Waals surface area contributed by atoms with Crippen molar-refractivity contribution in [2.75, 3.05) is 51.8 Å². The zero-order valence-electron chi connectivity index (χ0n) is 15.9. The molecular formula is C20H26N4O3. The van der Waals surface area contributed by atoms with Crippen molar-refractivity contribution in [1.29, 1.82) is 0 Å². The Labute approximate surface area is 159 Å². The maximum Gasteiger partial charge on any atom is 0.236 e. The van der Waals surface area contributed by atoms with Crippen LogP contribution in [0.25, 0.3) is 0 Å². The van der Waals surface area contributed by atoms with E-state index in [1.807, 2.05) is 41.3 Å². The van der Waals surface area contributed by atoms with Crippen LogP contribution in [-0.2, 0) is 11.3 Å². The van der Waals surface area contributed by atoms with E-state index in [0.717, 1.165) is 24.5 Å². The molecule has 1 saturated heterocycles. The van der Waals surface area contributed by atoms with E-state index < -0.39 is 0 Å². The second kappa shape index (κ2) is 9.23. The number of aromatic nitrogens is 1. The molecule has 1 aliphatic rings. The van der Waals surface area contributed by atoms with Gasteiger partial charge in [0.05, 0.1) is 20.8 Å². The quantitative estimate of drug-likeness (QED) is 0.798. The lowest BCUT2D eigenvalue weighted by molar-refractivity contribution is -0.130. The maximum absolute atomic E-state index is 12.4. The lowest BCUT2D eigenvalue weighted by atomic mass is 10.2. The molecule has 7 heteroatoms. The number of pyridine rings is 1. The molecule has 0 spiro atoms. The van der Waals surface area contributed by atoms with Crippen LogP contribution in [0.3, 0.4) is 0 Å². The lowest BCUT2D eigenvalue weighted by Gasteiger charge is -2.35. The molecule has 0 bridgehead atoms. The number of carbonyl (C=O) groups is 1. The summed E-state index contributed by atoms with van der Waals surface area (Å²) < 4.78 is 10.5. The minimum Gasteiger partial charge on any atom is -0.493 e. The topological polar surface area (TPSA) is 66.9 Å². The molecule has 2 heterocycles. The average Bonchev–Trinajstić information content (AvgIpc) is 2.74. The summed E-state index contributed by atoms with van der Waals surface area (Å²) in [6, 6.07) is 11.6. The number of anilines is 1. The highest BCUT2D eigenvalue weighted by molar-refractivity contribution is 5.78. The molecule has 0 atom stereocenters. The molecule has 1 fully saturated rings. The summed E-state index contributed by atoms with van der Waals surface area (Å²) in [5, 5.41) is 3.22. The molecule has 0 aliphatic carbocycles. The average molecular weight is 370 g/mol. The van der Waals surface area contributed by atoms with Crippen molar-refractivity contribution in [2.24, 2.45) is 0 Å². The standard InChI is InChI=1S/C20H26N4O3/c1-26-17-7-6-16(13-18(17)27-2)14-21-15-20(25)24-11-9-23(10-12-24)19-5-3-4-8-22-19/h3-8,13,21H,9-12,14-15H2,1-2H3. The van der Waals surface area contributed by atoms with Crippen LogP contribution < -0.4 is 19.7 Å². The van der Waals surface area contributed by atoms with Gasteiger partial charge in [0.25, 0.3) is 0 Å². The number of hydrogen-bond donors (Lipinski definition) is 1. The van der Waals surface area contributed by atoms with E-state index in [1.54, 1.807) is 20.4 Å². The van der Waals surface area contributed by atoms with E-state index in [2.05, 4.69) is 15.2 Å². The van der Waals surface area contributed by atoms with Crippen LogP contribution in [-0.4, -0.2) is 62.7 Å². The van der Waals surface area contributed by atoms with Gasteiger partial charge in [0.1, 0.15) is 5.82 Å². The second-order valence-corrected chi connectivity index (χ2v) is 6.35. The molecule has 1 aromatic heterocycles. The van der Waals surface area contributed by atoms with Gasteiger partial charge in [-0.3, -0.25) is 4.79 Å². The predicted octanol–water partition coefficient (Wildman–Crippen LogP) is 1.54. The fraction of sp³-hybridized carbons (Fsp3) is 0.400. The lowest BCUT2D eigenvalue weighted by Crippen LogP contribution is -2.51. The Hall–Kier alpha value is -2.80. The summed E-state index contributed by atoms with van der Waals surface area (Å²) in [5.41, 5.74) is 1.04. The van der Waals surface area contributed by atoms with Gasteiger partial charge in [-0.2, -0.15) is 0 Å². The van der Waals surface area contributed by atoms with Crippen LogP contribution in [0.1, 0.15) is 5.56 Å². The third-order valence-corrected chi connectivity index (χ3v) is 4.66. The minimum absolute atomic E-state index is 0.121. The highest BCUT2D eigenvalue weighted by atomic mass is 16.5. The molecule has 2 aromatic rings. The van der Waals surface area contributed by atoms with Crippen LogP contribution in [0, 0.1) is 0 Å². The Bertz CT molecular complexity index is 746. The molecule has 144 valence electrons. The van der Waals surface area contributed by atoms with Gasteiger partial charge in [-0.05, 0) is 29.8 Å². The Morgan fingerprint density at radius 1 is 1.07 bits per heavy atom. The summed E-state index contributed by atoms with van der Waals surface area (Å²) in [7, 11) is 3.23. The van der Waals surface area contributed by atoms with Crippen molar-refractivity contribution in [2.45, 2.75) is 6.54 Å². The summed E-state index contributed by atoms with van der Waals surface area (Å²) in [4.78, 5) is 20.9. The summed E-state index contributed by atoms with van der Waals surface area (Å²) in [5.74, 6) is 2.48. The molecule has 3 rings (SSSR count). The van der Waals surface area contributed by atoms with Gasteiger partial charge in [0, 0.05) is 38.9 Å². The number of amides is 1. The number of ether oxygens (including phenoxy) is 2. The molecule has 1 aromatic carbocycles. The second-order valence-electron chi connectivity index (χ2n) is 6.35. The highest BCUT2D eigenvalue weighted by Gasteiger charge is 2.21. The number of piperazine rings is 1. The first kappa shape index (κ1) is 19.0. The van der Waals surface area contributed by atoms with Crippen molar-refractivity contribution in [3.05, 3.63) is 48.2 Å². The molecule has 0 radical (unpaired) electrons. The van der Waals surface area contributed by atoms with Crippen molar-refractivity contribution < 1.29 is 14.3 Å². The van der Waals surface area contributed by atoms with Gasteiger partial charge < -0.3 is 24.6 Å². The van der Waals surface area contributed by atoms with Gasteiger partial charge >= 0.3 is 0 Å². The number of benzene rings is 1. The SMILES string of the molecule is COc1ccc(CNCC(=O)N2CCN(c3ccccn3)CC2)cc1OC. The molecule has 7 nitrogen and oxygen atoms in total. The van der Waals surface area contributed by atoms with Crippen LogP contribution in [0.4, 0.5) is 5.82 Å². The first-order valence-electron chi connectivity index (χ1n) is 9.06. The summed E-state index contributed by atoms with van der Waals surface area (Å²) >= 11 is 0. The van der Waals surface area contributed by atoms with Crippen LogP contribution in [0.5, 0.6) is 11.5 Å². The van der Waals surface area contributed by atoms with Gasteiger partial charge in [-0.1, -0.05) is 12.1 Å². The van der Waals surface area contributed by atoms with Crippen LogP contribution >= 0.6 is 0 Å². The largest absolute Gasteiger partial charge is 0.493 e. The molecule has 1 N–H and O–H groups in total. The summed E-state index contributed by atoms with van der Waals surface area (Å²) in [6.07, 6.45) is 1.80. The first-order valence-corrected chi connectivity index (χ1v) is 9.06. The summed E-state index contributed by atoms with van der Waals surface area (Å²) in [6.45, 7) is 3.95. The Morgan fingerprint density at radius 2 is 1.85 bits per heavy atom. The van der Waals surface area contributed by atoms with Crippen molar-refractivity contribution in [1.82, 2.24) is 15.2 Å². The fourth-order valence-corrected chi connectivity index (χ4v) is 3.14. The van der Waals surface area contributed by atoms with E-state index in [1.165, 1.54) is 0 Å². The van der Waals surface area contributed by atoms with E-state index in [4.69, 9.17) is 9.47 Å². The highest BCUT2D eigenvalue weighted by Crippen LogP contribution is 2.27. The number of nitrogens with one attached hydrogen (secondary N) is 1. The molecule has 0 unspecified atom stereocenters. The molecule has 27 heavy (non-hydrogen) atoms. The van der Waals surface area contributed by atoms with Crippen molar-refractivity contribution in [3.8, 4) is 11.5 Å². The number of hydrogen-bond acceptors (Lipinski definition) is 6. The zero-order valence-corrected chi connectivity index (χ0v) is 15.9. The van der Waals surface area contributed by atoms with E-state index >= 15 is 0 Å². The van der Waals surface area contributed by atoms with Crippen molar-refractivity contribution in [3.63, 3.8) is 0 Å². The monoisotopic (exact) mass is 370 g/mol. The Morgan fingerprint density at radius 3 is 2.52 bits per heavy atom. The number of carbonyl (C=O) groups excluding carboxylic acids is 1. The fourth-order valence-electron chi connectivity index (χ4n) is 3.14. The molecule has 1 aliphatic heterocycles. The maximum atomic E-state index is 12.4. The molecule has 1 amide bonds. The van der Waals surface area contributed by atoms with E-state index in [-0.39, 0.29) is 5.91 Å².